The normalized spacial score (nSPS) is 11.5. The summed E-state index contributed by atoms with van der Waals surface area (Å²) in [6.45, 7) is 5.36. The van der Waals surface area contributed by atoms with Crippen LogP contribution in [0.15, 0.2) is 36.7 Å². The molecule has 132 valence electrons. The van der Waals surface area contributed by atoms with Crippen molar-refractivity contribution in [2.45, 2.75) is 39.8 Å². The summed E-state index contributed by atoms with van der Waals surface area (Å²) >= 11 is 0. The molecule has 2 rings (SSSR count). The number of ether oxygens (including phenoxy) is 1. The van der Waals surface area contributed by atoms with Gasteiger partial charge < -0.3 is 15.4 Å². The SMILES string of the molecule is CC[C@@H](NC(C)=O)C(=O)NCc1cccnc1Oc1ccc(C)nc1. The summed E-state index contributed by atoms with van der Waals surface area (Å²) in [6, 6.07) is 6.69. The van der Waals surface area contributed by atoms with Crippen molar-refractivity contribution in [1.29, 1.82) is 0 Å². The predicted octanol–water partition coefficient (Wildman–Crippen LogP) is 2.11. The molecule has 0 aliphatic heterocycles. The predicted molar refractivity (Wildman–Crippen MR) is 93.0 cm³/mol. The third-order valence-corrected chi connectivity index (χ3v) is 3.50. The smallest absolute Gasteiger partial charge is 0.242 e. The van der Waals surface area contributed by atoms with Crippen molar-refractivity contribution in [3.63, 3.8) is 0 Å². The molecule has 0 radical (unpaired) electrons. The van der Waals surface area contributed by atoms with E-state index in [1.165, 1.54) is 6.92 Å². The van der Waals surface area contributed by atoms with Crippen molar-refractivity contribution in [2.75, 3.05) is 0 Å². The van der Waals surface area contributed by atoms with Gasteiger partial charge in [-0.15, -0.1) is 0 Å². The summed E-state index contributed by atoms with van der Waals surface area (Å²) < 4.78 is 5.75. The lowest BCUT2D eigenvalue weighted by atomic mass is 10.2. The molecule has 0 fully saturated rings. The zero-order valence-corrected chi connectivity index (χ0v) is 14.6. The standard InChI is InChI=1S/C18H22N4O3/c1-4-16(22-13(3)23)17(24)21-10-14-6-5-9-19-18(14)25-15-8-7-12(2)20-11-15/h5-9,11,16H,4,10H2,1-3H3,(H,21,24)(H,22,23)/t16-/m1/s1. The van der Waals surface area contributed by atoms with Gasteiger partial charge in [0.15, 0.2) is 0 Å². The molecule has 0 saturated heterocycles. The lowest BCUT2D eigenvalue weighted by Crippen LogP contribution is -2.45. The van der Waals surface area contributed by atoms with E-state index < -0.39 is 6.04 Å². The molecule has 2 aromatic rings. The van der Waals surface area contributed by atoms with Crippen LogP contribution >= 0.6 is 0 Å². The molecule has 1 atom stereocenters. The van der Waals surface area contributed by atoms with E-state index in [0.29, 0.717) is 18.1 Å². The van der Waals surface area contributed by atoms with Crippen LogP contribution in [0, 0.1) is 6.92 Å². The van der Waals surface area contributed by atoms with Gasteiger partial charge >= 0.3 is 0 Å². The summed E-state index contributed by atoms with van der Waals surface area (Å²) in [5, 5.41) is 5.42. The van der Waals surface area contributed by atoms with Gasteiger partial charge in [-0.1, -0.05) is 13.0 Å². The highest BCUT2D eigenvalue weighted by molar-refractivity contribution is 5.86. The number of amides is 2. The second-order valence-corrected chi connectivity index (χ2v) is 5.58. The maximum Gasteiger partial charge on any atom is 0.242 e. The number of pyridine rings is 2. The Bertz CT molecular complexity index is 731. The molecule has 7 nitrogen and oxygen atoms in total. The van der Waals surface area contributed by atoms with Crippen LogP contribution in [0.3, 0.4) is 0 Å². The van der Waals surface area contributed by atoms with Gasteiger partial charge in [-0.2, -0.15) is 0 Å². The van der Waals surface area contributed by atoms with Crippen LogP contribution in [-0.4, -0.2) is 27.8 Å². The first-order valence-corrected chi connectivity index (χ1v) is 8.08. The number of carbonyl (C=O) groups is 2. The van der Waals surface area contributed by atoms with Gasteiger partial charge in [0.2, 0.25) is 17.7 Å². The fourth-order valence-electron chi connectivity index (χ4n) is 2.18. The van der Waals surface area contributed by atoms with Crippen molar-refractivity contribution in [3.8, 4) is 11.6 Å². The van der Waals surface area contributed by atoms with Gasteiger partial charge in [0.05, 0.1) is 6.20 Å². The Kier molecular flexibility index (Phi) is 6.45. The Labute approximate surface area is 146 Å². The molecule has 7 heteroatoms. The molecule has 0 aromatic carbocycles. The number of nitrogens with zero attached hydrogens (tertiary/aromatic N) is 2. The number of hydrogen-bond acceptors (Lipinski definition) is 5. The van der Waals surface area contributed by atoms with E-state index in [4.69, 9.17) is 4.74 Å². The third-order valence-electron chi connectivity index (χ3n) is 3.50. The van der Waals surface area contributed by atoms with E-state index >= 15 is 0 Å². The highest BCUT2D eigenvalue weighted by Gasteiger charge is 2.17. The molecule has 2 aromatic heterocycles. The minimum absolute atomic E-state index is 0.237. The highest BCUT2D eigenvalue weighted by Crippen LogP contribution is 2.22. The fraction of sp³-hybridized carbons (Fsp3) is 0.333. The van der Waals surface area contributed by atoms with E-state index in [-0.39, 0.29) is 18.4 Å². The third kappa shape index (κ3) is 5.56. The lowest BCUT2D eigenvalue weighted by molar-refractivity contribution is -0.128. The molecule has 0 unspecified atom stereocenters. The van der Waals surface area contributed by atoms with Crippen LogP contribution in [0.1, 0.15) is 31.5 Å². The zero-order chi connectivity index (χ0) is 18.2. The largest absolute Gasteiger partial charge is 0.437 e. The topological polar surface area (TPSA) is 93.2 Å². The average Bonchev–Trinajstić information content (AvgIpc) is 2.60. The minimum Gasteiger partial charge on any atom is -0.437 e. The molecular weight excluding hydrogens is 320 g/mol. The van der Waals surface area contributed by atoms with Crippen molar-refractivity contribution < 1.29 is 14.3 Å². The van der Waals surface area contributed by atoms with Gasteiger partial charge in [-0.05, 0) is 31.5 Å². The summed E-state index contributed by atoms with van der Waals surface area (Å²) in [6.07, 6.45) is 3.75. The van der Waals surface area contributed by atoms with E-state index in [1.807, 2.05) is 32.0 Å². The van der Waals surface area contributed by atoms with Crippen molar-refractivity contribution in [3.05, 3.63) is 47.9 Å². The van der Waals surface area contributed by atoms with E-state index in [0.717, 1.165) is 11.3 Å². The van der Waals surface area contributed by atoms with Gasteiger partial charge in [-0.25, -0.2) is 4.98 Å². The van der Waals surface area contributed by atoms with Crippen molar-refractivity contribution in [2.24, 2.45) is 0 Å². The molecule has 0 aliphatic rings. The van der Waals surface area contributed by atoms with Gasteiger partial charge in [0, 0.05) is 30.9 Å². The van der Waals surface area contributed by atoms with Crippen LogP contribution in [0.25, 0.3) is 0 Å². The van der Waals surface area contributed by atoms with Gasteiger partial charge in [-0.3, -0.25) is 14.6 Å². The van der Waals surface area contributed by atoms with Crippen molar-refractivity contribution >= 4 is 11.8 Å². The Hall–Kier alpha value is -2.96. The highest BCUT2D eigenvalue weighted by atomic mass is 16.5. The summed E-state index contributed by atoms with van der Waals surface area (Å²) in [5.74, 6) is 0.492. The maximum atomic E-state index is 12.2. The second kappa shape index (κ2) is 8.77. The number of rotatable bonds is 7. The molecule has 0 saturated carbocycles. The minimum atomic E-state index is -0.556. The molecule has 0 bridgehead atoms. The number of aromatic nitrogens is 2. The second-order valence-electron chi connectivity index (χ2n) is 5.58. The molecular formula is C18H22N4O3. The zero-order valence-electron chi connectivity index (χ0n) is 14.6. The Morgan fingerprint density at radius 3 is 2.68 bits per heavy atom. The Morgan fingerprint density at radius 2 is 2.04 bits per heavy atom. The first-order valence-electron chi connectivity index (χ1n) is 8.08. The quantitative estimate of drug-likeness (QED) is 0.804. The van der Waals surface area contributed by atoms with Crippen LogP contribution in [0.5, 0.6) is 11.6 Å². The van der Waals surface area contributed by atoms with Gasteiger partial charge in [0.25, 0.3) is 0 Å². The average molecular weight is 342 g/mol. The Balaban J connectivity index is 2.03. The van der Waals surface area contributed by atoms with E-state index in [1.54, 1.807) is 18.5 Å². The van der Waals surface area contributed by atoms with Crippen LogP contribution in [0.4, 0.5) is 0 Å². The van der Waals surface area contributed by atoms with E-state index in [9.17, 15) is 9.59 Å². The van der Waals surface area contributed by atoms with Gasteiger partial charge in [0.1, 0.15) is 11.8 Å². The van der Waals surface area contributed by atoms with Crippen LogP contribution in [0.2, 0.25) is 0 Å². The maximum absolute atomic E-state index is 12.2. The molecule has 25 heavy (non-hydrogen) atoms. The molecule has 2 N–H and O–H groups in total. The van der Waals surface area contributed by atoms with Crippen LogP contribution in [-0.2, 0) is 16.1 Å². The fourth-order valence-corrected chi connectivity index (χ4v) is 2.18. The number of hydrogen-bond donors (Lipinski definition) is 2. The number of aryl methyl sites for hydroxylation is 1. The summed E-state index contributed by atoms with van der Waals surface area (Å²) in [7, 11) is 0. The van der Waals surface area contributed by atoms with Crippen molar-refractivity contribution in [1.82, 2.24) is 20.6 Å². The molecule has 2 heterocycles. The van der Waals surface area contributed by atoms with E-state index in [2.05, 4.69) is 20.6 Å². The number of nitrogens with one attached hydrogen (secondary N) is 2. The summed E-state index contributed by atoms with van der Waals surface area (Å²) in [4.78, 5) is 31.7. The summed E-state index contributed by atoms with van der Waals surface area (Å²) in [5.41, 5.74) is 1.62. The molecule has 2 amide bonds. The lowest BCUT2D eigenvalue weighted by Gasteiger charge is -2.16. The molecule has 0 spiro atoms. The first kappa shape index (κ1) is 18.4. The first-order chi connectivity index (χ1) is 12.0. The molecule has 0 aliphatic carbocycles. The Morgan fingerprint density at radius 1 is 1.24 bits per heavy atom. The number of carbonyl (C=O) groups excluding carboxylic acids is 2. The monoisotopic (exact) mass is 342 g/mol. The van der Waals surface area contributed by atoms with Crippen LogP contribution < -0.4 is 15.4 Å².